The molecular formula is C15H15F3N2O4. The van der Waals surface area contributed by atoms with Gasteiger partial charge in [-0.25, -0.2) is 0 Å². The molecule has 0 aliphatic carbocycles. The van der Waals surface area contributed by atoms with E-state index < -0.39 is 46.0 Å². The Kier molecular flexibility index (Phi) is 5.35. The third kappa shape index (κ3) is 3.71. The van der Waals surface area contributed by atoms with Gasteiger partial charge in [-0.2, -0.15) is 18.4 Å². The molecule has 0 unspecified atom stereocenters. The maximum atomic E-state index is 12.8. The number of hydrogen-bond acceptors (Lipinski definition) is 5. The van der Waals surface area contributed by atoms with Gasteiger partial charge in [0.1, 0.15) is 17.4 Å². The zero-order valence-corrected chi connectivity index (χ0v) is 13.0. The Hall–Kier alpha value is -2.89. The number of aliphatic hydroxyl groups is 1. The van der Waals surface area contributed by atoms with Crippen LogP contribution in [0.5, 0.6) is 11.5 Å². The second-order valence-electron chi connectivity index (χ2n) is 5.23. The lowest BCUT2D eigenvalue weighted by Crippen LogP contribution is -2.34. The standard InChI is InChI=1S/C15H15F3N2O4/c1-7(2)20(3)14(24)9(6-19)12(22)8-4-10(15(16,17)18)13(23)11(21)5-8/h4-5,7,21-23H,1-3H3/b12-9-. The molecule has 1 amide bonds. The van der Waals surface area contributed by atoms with Gasteiger partial charge in [0.05, 0.1) is 0 Å². The fourth-order valence-electron chi connectivity index (χ4n) is 1.73. The first-order chi connectivity index (χ1) is 10.9. The number of amides is 1. The summed E-state index contributed by atoms with van der Waals surface area (Å²) in [6.07, 6.45) is -5.01. The zero-order valence-electron chi connectivity index (χ0n) is 13.0. The molecule has 0 heterocycles. The molecule has 0 radical (unpaired) electrons. The maximum Gasteiger partial charge on any atom is 0.420 e. The van der Waals surface area contributed by atoms with Crippen molar-refractivity contribution >= 4 is 11.7 Å². The van der Waals surface area contributed by atoms with Crippen LogP contribution in [0.3, 0.4) is 0 Å². The van der Waals surface area contributed by atoms with E-state index in [0.717, 1.165) is 4.90 Å². The molecule has 1 rings (SSSR count). The monoisotopic (exact) mass is 344 g/mol. The van der Waals surface area contributed by atoms with Crippen molar-refractivity contribution in [3.05, 3.63) is 28.8 Å². The van der Waals surface area contributed by atoms with Gasteiger partial charge in [0, 0.05) is 18.7 Å². The average Bonchev–Trinajstić information content (AvgIpc) is 2.47. The van der Waals surface area contributed by atoms with Gasteiger partial charge in [0.2, 0.25) is 0 Å². The minimum atomic E-state index is -5.01. The van der Waals surface area contributed by atoms with Crippen LogP contribution in [0.2, 0.25) is 0 Å². The molecule has 3 N–H and O–H groups in total. The molecule has 1 aromatic rings. The molecule has 0 bridgehead atoms. The van der Waals surface area contributed by atoms with Crippen molar-refractivity contribution in [2.24, 2.45) is 0 Å². The smallest absolute Gasteiger partial charge is 0.420 e. The second-order valence-corrected chi connectivity index (χ2v) is 5.23. The predicted molar refractivity (Wildman–Crippen MR) is 77.8 cm³/mol. The van der Waals surface area contributed by atoms with Crippen molar-refractivity contribution in [2.45, 2.75) is 26.1 Å². The van der Waals surface area contributed by atoms with Gasteiger partial charge in [0.25, 0.3) is 5.91 Å². The molecule has 24 heavy (non-hydrogen) atoms. The molecular weight excluding hydrogens is 329 g/mol. The first kappa shape index (κ1) is 19.2. The van der Waals surface area contributed by atoms with E-state index in [0.29, 0.717) is 12.1 Å². The summed E-state index contributed by atoms with van der Waals surface area (Å²) in [5.41, 5.74) is -3.02. The minimum absolute atomic E-state index is 0.326. The lowest BCUT2D eigenvalue weighted by atomic mass is 10.0. The fraction of sp³-hybridized carbons (Fsp3) is 0.333. The van der Waals surface area contributed by atoms with Gasteiger partial charge >= 0.3 is 6.18 Å². The second kappa shape index (κ2) is 6.70. The number of alkyl halides is 3. The molecule has 0 aromatic heterocycles. The van der Waals surface area contributed by atoms with Crippen molar-refractivity contribution in [3.63, 3.8) is 0 Å². The number of phenols is 2. The Morgan fingerprint density at radius 3 is 2.25 bits per heavy atom. The molecule has 130 valence electrons. The van der Waals surface area contributed by atoms with Crippen molar-refractivity contribution < 1.29 is 33.3 Å². The third-order valence-corrected chi connectivity index (χ3v) is 3.33. The van der Waals surface area contributed by atoms with Gasteiger partial charge in [-0.05, 0) is 26.0 Å². The Labute approximate surface area is 135 Å². The van der Waals surface area contributed by atoms with Crippen LogP contribution in [0.25, 0.3) is 5.76 Å². The molecule has 0 saturated carbocycles. The van der Waals surface area contributed by atoms with Crippen LogP contribution in [0.4, 0.5) is 13.2 Å². The number of likely N-dealkylation sites (N-methyl/N-ethyl adjacent to an activating group) is 1. The summed E-state index contributed by atoms with van der Waals surface area (Å²) >= 11 is 0. The number of halogens is 3. The number of aromatic hydroxyl groups is 2. The van der Waals surface area contributed by atoms with Gasteiger partial charge in [0.15, 0.2) is 17.1 Å². The van der Waals surface area contributed by atoms with Crippen molar-refractivity contribution in [1.82, 2.24) is 4.90 Å². The largest absolute Gasteiger partial charge is 0.506 e. The molecule has 0 aliphatic rings. The lowest BCUT2D eigenvalue weighted by molar-refractivity contribution is -0.139. The summed E-state index contributed by atoms with van der Waals surface area (Å²) in [7, 11) is 1.35. The Morgan fingerprint density at radius 2 is 1.83 bits per heavy atom. The highest BCUT2D eigenvalue weighted by atomic mass is 19.4. The van der Waals surface area contributed by atoms with Crippen LogP contribution in [-0.2, 0) is 11.0 Å². The van der Waals surface area contributed by atoms with E-state index >= 15 is 0 Å². The first-order valence-electron chi connectivity index (χ1n) is 6.65. The third-order valence-electron chi connectivity index (χ3n) is 3.33. The molecule has 0 fully saturated rings. The summed E-state index contributed by atoms with van der Waals surface area (Å²) in [6, 6.07) is 2.08. The van der Waals surface area contributed by atoms with Gasteiger partial charge in [-0.3, -0.25) is 4.79 Å². The molecule has 1 aromatic carbocycles. The molecule has 0 atom stereocenters. The predicted octanol–water partition coefficient (Wildman–Crippen LogP) is 2.78. The number of nitriles is 1. The quantitative estimate of drug-likeness (QED) is 0.338. The van der Waals surface area contributed by atoms with Crippen LogP contribution in [0.15, 0.2) is 17.7 Å². The molecule has 9 heteroatoms. The Bertz CT molecular complexity index is 733. The highest BCUT2D eigenvalue weighted by Gasteiger charge is 2.36. The number of phenolic OH excluding ortho intramolecular Hbond substituents is 2. The van der Waals surface area contributed by atoms with E-state index in [1.54, 1.807) is 13.8 Å². The van der Waals surface area contributed by atoms with Crippen molar-refractivity contribution in [1.29, 1.82) is 5.26 Å². The highest BCUT2D eigenvalue weighted by Crippen LogP contribution is 2.42. The summed E-state index contributed by atoms with van der Waals surface area (Å²) in [6.45, 7) is 3.27. The number of carbonyl (C=O) groups excluding carboxylic acids is 1. The topological polar surface area (TPSA) is 105 Å². The SMILES string of the molecule is CC(C)N(C)C(=O)/C(C#N)=C(\O)c1cc(O)c(O)c(C(F)(F)F)c1. The maximum absolute atomic E-state index is 12.8. The number of benzene rings is 1. The van der Waals surface area contributed by atoms with Crippen LogP contribution in [0, 0.1) is 11.3 Å². The van der Waals surface area contributed by atoms with E-state index in [4.69, 9.17) is 5.26 Å². The Balaban J connectivity index is 3.56. The summed E-state index contributed by atoms with van der Waals surface area (Å²) in [4.78, 5) is 13.2. The number of nitrogens with zero attached hydrogens (tertiary/aromatic N) is 2. The molecule has 6 nitrogen and oxygen atoms in total. The van der Waals surface area contributed by atoms with Gasteiger partial charge in [-0.1, -0.05) is 0 Å². The van der Waals surface area contributed by atoms with Crippen LogP contribution in [-0.4, -0.2) is 39.2 Å². The summed E-state index contributed by atoms with van der Waals surface area (Å²) in [5, 5.41) is 37.8. The van der Waals surface area contributed by atoms with Crippen LogP contribution < -0.4 is 0 Å². The van der Waals surface area contributed by atoms with E-state index in [-0.39, 0.29) is 6.04 Å². The average molecular weight is 344 g/mol. The number of hydrogen-bond donors (Lipinski definition) is 3. The van der Waals surface area contributed by atoms with E-state index in [2.05, 4.69) is 0 Å². The number of carbonyl (C=O) groups is 1. The lowest BCUT2D eigenvalue weighted by Gasteiger charge is -2.21. The van der Waals surface area contributed by atoms with Crippen molar-refractivity contribution in [2.75, 3.05) is 7.05 Å². The number of rotatable bonds is 3. The summed E-state index contributed by atoms with van der Waals surface area (Å²) in [5.74, 6) is -4.49. The van der Waals surface area contributed by atoms with Gasteiger partial charge < -0.3 is 20.2 Å². The summed E-state index contributed by atoms with van der Waals surface area (Å²) < 4.78 is 38.5. The molecule has 0 spiro atoms. The molecule has 0 aliphatic heterocycles. The van der Waals surface area contributed by atoms with E-state index in [1.165, 1.54) is 13.1 Å². The van der Waals surface area contributed by atoms with Gasteiger partial charge in [-0.15, -0.1) is 0 Å². The van der Waals surface area contributed by atoms with Crippen molar-refractivity contribution in [3.8, 4) is 17.6 Å². The minimum Gasteiger partial charge on any atom is -0.506 e. The first-order valence-corrected chi connectivity index (χ1v) is 6.65. The zero-order chi connectivity index (χ0) is 18.8. The van der Waals surface area contributed by atoms with Crippen LogP contribution in [0.1, 0.15) is 25.0 Å². The van der Waals surface area contributed by atoms with Crippen LogP contribution >= 0.6 is 0 Å². The van der Waals surface area contributed by atoms with E-state index in [9.17, 15) is 33.3 Å². The Morgan fingerprint density at radius 1 is 1.29 bits per heavy atom. The van der Waals surface area contributed by atoms with E-state index in [1.807, 2.05) is 0 Å². The fourth-order valence-corrected chi connectivity index (χ4v) is 1.73. The number of aliphatic hydroxyl groups excluding tert-OH is 1. The molecule has 0 saturated heterocycles. The normalized spacial score (nSPS) is 12.6. The highest BCUT2D eigenvalue weighted by molar-refractivity contribution is 6.03.